The molecule has 29 heavy (non-hydrogen) atoms. The zero-order valence-electron chi connectivity index (χ0n) is 19.7. The van der Waals surface area contributed by atoms with Gasteiger partial charge in [0.15, 0.2) is 0 Å². The van der Waals surface area contributed by atoms with Gasteiger partial charge in [0.05, 0.1) is 12.2 Å². The van der Waals surface area contributed by atoms with E-state index in [0.29, 0.717) is 12.5 Å². The van der Waals surface area contributed by atoms with Crippen LogP contribution in [-0.4, -0.2) is 24.8 Å². The second kappa shape index (κ2) is 19.4. The fourth-order valence-corrected chi connectivity index (χ4v) is 4.28. The van der Waals surface area contributed by atoms with Crippen LogP contribution in [0.3, 0.4) is 0 Å². The Kier molecular flexibility index (Phi) is 17.7. The van der Waals surface area contributed by atoms with Gasteiger partial charge in [0.25, 0.3) is 0 Å². The molecule has 3 nitrogen and oxygen atoms in total. The molecule has 0 aromatic carbocycles. The van der Waals surface area contributed by atoms with E-state index in [9.17, 15) is 4.79 Å². The van der Waals surface area contributed by atoms with E-state index in [-0.39, 0.29) is 12.1 Å². The molecule has 0 N–H and O–H groups in total. The maximum atomic E-state index is 11.9. The quantitative estimate of drug-likeness (QED) is 0.150. The molecule has 0 bridgehead atoms. The van der Waals surface area contributed by atoms with Crippen LogP contribution in [0.15, 0.2) is 0 Å². The van der Waals surface area contributed by atoms with Crippen molar-refractivity contribution in [1.29, 1.82) is 0 Å². The van der Waals surface area contributed by atoms with Gasteiger partial charge < -0.3 is 9.47 Å². The lowest BCUT2D eigenvalue weighted by molar-refractivity contribution is -0.148. The van der Waals surface area contributed by atoms with Crippen molar-refractivity contribution in [1.82, 2.24) is 0 Å². The fourth-order valence-electron chi connectivity index (χ4n) is 4.28. The van der Waals surface area contributed by atoms with Gasteiger partial charge in [-0.25, -0.2) is 0 Å². The Labute approximate surface area is 181 Å². The van der Waals surface area contributed by atoms with E-state index in [2.05, 4.69) is 6.92 Å². The molecule has 1 fully saturated rings. The van der Waals surface area contributed by atoms with Crippen LogP contribution in [0.5, 0.6) is 0 Å². The number of esters is 1. The molecule has 1 aliphatic heterocycles. The summed E-state index contributed by atoms with van der Waals surface area (Å²) in [4.78, 5) is 11.9. The van der Waals surface area contributed by atoms with Crippen LogP contribution in [0, 0.1) is 0 Å². The molecule has 1 saturated heterocycles. The van der Waals surface area contributed by atoms with Crippen LogP contribution in [-0.2, 0) is 14.3 Å². The van der Waals surface area contributed by atoms with Crippen molar-refractivity contribution < 1.29 is 14.3 Å². The first kappa shape index (κ1) is 26.5. The topological polar surface area (TPSA) is 35.5 Å². The van der Waals surface area contributed by atoms with Gasteiger partial charge in [-0.15, -0.1) is 0 Å². The second-order valence-corrected chi connectivity index (χ2v) is 9.21. The van der Waals surface area contributed by atoms with Gasteiger partial charge in [-0.3, -0.25) is 4.79 Å². The highest BCUT2D eigenvalue weighted by Gasteiger charge is 2.17. The molecule has 3 heteroatoms. The molecule has 0 aromatic rings. The Morgan fingerprint density at radius 3 is 1.86 bits per heavy atom. The molecular formula is C26H50O3. The summed E-state index contributed by atoms with van der Waals surface area (Å²) in [5, 5.41) is 0. The largest absolute Gasteiger partial charge is 0.463 e. The average molecular weight is 411 g/mol. The molecule has 2 atom stereocenters. The van der Waals surface area contributed by atoms with Gasteiger partial charge >= 0.3 is 5.97 Å². The minimum absolute atomic E-state index is 0.0143. The van der Waals surface area contributed by atoms with E-state index in [0.717, 1.165) is 32.3 Å². The zero-order chi connectivity index (χ0) is 21.0. The molecule has 1 rings (SSSR count). The minimum Gasteiger partial charge on any atom is -0.463 e. The molecule has 2 unspecified atom stereocenters. The summed E-state index contributed by atoms with van der Waals surface area (Å²) >= 11 is 0. The first-order valence-electron chi connectivity index (χ1n) is 13.0. The number of carbonyl (C=O) groups is 1. The van der Waals surface area contributed by atoms with Crippen LogP contribution >= 0.6 is 0 Å². The molecule has 0 radical (unpaired) electrons. The fraction of sp³-hybridized carbons (Fsp3) is 0.962. The van der Waals surface area contributed by atoms with Crippen molar-refractivity contribution in [2.24, 2.45) is 0 Å². The highest BCUT2D eigenvalue weighted by atomic mass is 16.5. The number of carbonyl (C=O) groups excluding carboxylic acids is 1. The van der Waals surface area contributed by atoms with Crippen molar-refractivity contribution in [2.75, 3.05) is 6.61 Å². The Morgan fingerprint density at radius 1 is 0.862 bits per heavy atom. The highest BCUT2D eigenvalue weighted by molar-refractivity contribution is 5.69. The van der Waals surface area contributed by atoms with E-state index in [1.807, 2.05) is 6.92 Å². The van der Waals surface area contributed by atoms with Crippen molar-refractivity contribution in [3.8, 4) is 0 Å². The smallest absolute Gasteiger partial charge is 0.306 e. The monoisotopic (exact) mass is 410 g/mol. The number of unbranched alkanes of at least 4 members (excludes halogenated alkanes) is 14. The van der Waals surface area contributed by atoms with Crippen molar-refractivity contribution in [3.05, 3.63) is 0 Å². The summed E-state index contributed by atoms with van der Waals surface area (Å²) in [6.07, 6.45) is 25.6. The summed E-state index contributed by atoms with van der Waals surface area (Å²) in [5.74, 6) is -0.0143. The summed E-state index contributed by atoms with van der Waals surface area (Å²) in [5.41, 5.74) is 0. The van der Waals surface area contributed by atoms with Gasteiger partial charge in [-0.1, -0.05) is 96.8 Å². The first-order chi connectivity index (χ1) is 14.2. The van der Waals surface area contributed by atoms with Crippen molar-refractivity contribution in [3.63, 3.8) is 0 Å². The normalized spacial score (nSPS) is 17.5. The highest BCUT2D eigenvalue weighted by Crippen LogP contribution is 2.19. The molecule has 172 valence electrons. The number of hydrogen-bond donors (Lipinski definition) is 0. The maximum Gasteiger partial charge on any atom is 0.306 e. The standard InChI is InChI=1S/C26H50O3/c1-3-4-5-6-7-8-9-10-11-12-13-14-15-16-17-20-26(27)29-24(2)21-22-25-19-18-23-28-25/h24-25H,3-23H2,1-2H3. The summed E-state index contributed by atoms with van der Waals surface area (Å²) in [6, 6.07) is 0. The average Bonchev–Trinajstić information content (AvgIpc) is 3.23. The molecular weight excluding hydrogens is 360 g/mol. The van der Waals surface area contributed by atoms with Gasteiger partial charge in [0, 0.05) is 13.0 Å². The molecule has 0 saturated carbocycles. The van der Waals surface area contributed by atoms with Crippen LogP contribution in [0.4, 0.5) is 0 Å². The third-order valence-electron chi connectivity index (χ3n) is 6.24. The van der Waals surface area contributed by atoms with Crippen LogP contribution in [0.25, 0.3) is 0 Å². The zero-order valence-corrected chi connectivity index (χ0v) is 19.7. The van der Waals surface area contributed by atoms with Gasteiger partial charge in [-0.05, 0) is 39.0 Å². The lowest BCUT2D eigenvalue weighted by atomic mass is 10.0. The molecule has 0 aliphatic carbocycles. The third kappa shape index (κ3) is 16.9. The summed E-state index contributed by atoms with van der Waals surface area (Å²) in [7, 11) is 0. The Morgan fingerprint density at radius 2 is 1.38 bits per heavy atom. The van der Waals surface area contributed by atoms with Crippen LogP contribution < -0.4 is 0 Å². The lowest BCUT2D eigenvalue weighted by Crippen LogP contribution is -2.17. The molecule has 0 amide bonds. The molecule has 0 aromatic heterocycles. The van der Waals surface area contributed by atoms with E-state index in [1.54, 1.807) is 0 Å². The number of rotatable bonds is 20. The minimum atomic E-state index is -0.0143. The summed E-state index contributed by atoms with van der Waals surface area (Å²) in [6.45, 7) is 5.20. The van der Waals surface area contributed by atoms with Gasteiger partial charge in [0.2, 0.25) is 0 Å². The van der Waals surface area contributed by atoms with Crippen LogP contribution in [0.2, 0.25) is 0 Å². The summed E-state index contributed by atoms with van der Waals surface area (Å²) < 4.78 is 11.2. The SMILES string of the molecule is CCCCCCCCCCCCCCCCCC(=O)OC(C)CCC1CCCO1. The molecule has 1 aliphatic rings. The maximum absolute atomic E-state index is 11.9. The van der Waals surface area contributed by atoms with E-state index in [4.69, 9.17) is 9.47 Å². The predicted molar refractivity (Wildman–Crippen MR) is 123 cm³/mol. The Hall–Kier alpha value is -0.570. The lowest BCUT2D eigenvalue weighted by Gasteiger charge is -2.15. The van der Waals surface area contributed by atoms with Gasteiger partial charge in [0.1, 0.15) is 0 Å². The van der Waals surface area contributed by atoms with Gasteiger partial charge in [-0.2, -0.15) is 0 Å². The van der Waals surface area contributed by atoms with Crippen molar-refractivity contribution in [2.45, 2.75) is 154 Å². The molecule has 1 heterocycles. The van der Waals surface area contributed by atoms with Crippen molar-refractivity contribution >= 4 is 5.97 Å². The third-order valence-corrected chi connectivity index (χ3v) is 6.24. The Bertz CT molecular complexity index is 363. The second-order valence-electron chi connectivity index (χ2n) is 9.21. The van der Waals surface area contributed by atoms with E-state index >= 15 is 0 Å². The Balaban J connectivity index is 1.77. The first-order valence-corrected chi connectivity index (χ1v) is 13.0. The van der Waals surface area contributed by atoms with Crippen LogP contribution in [0.1, 0.15) is 142 Å². The van der Waals surface area contributed by atoms with E-state index in [1.165, 1.54) is 96.3 Å². The number of hydrogen-bond acceptors (Lipinski definition) is 3. The molecule has 0 spiro atoms. The number of ether oxygens (including phenoxy) is 2. The predicted octanol–water partition coefficient (Wildman–Crippen LogP) is 8.14. The van der Waals surface area contributed by atoms with E-state index < -0.39 is 0 Å².